The van der Waals surface area contributed by atoms with E-state index < -0.39 is 0 Å². The highest BCUT2D eigenvalue weighted by atomic mass is 79.9. The maximum atomic E-state index is 4.51. The predicted molar refractivity (Wildman–Crippen MR) is 60.2 cm³/mol. The summed E-state index contributed by atoms with van der Waals surface area (Å²) in [6.07, 6.45) is 1.16. The molecule has 0 spiro atoms. The first kappa shape index (κ1) is 9.59. The van der Waals surface area contributed by atoms with Crippen LogP contribution in [-0.2, 0) is 12.2 Å². The van der Waals surface area contributed by atoms with Gasteiger partial charge in [-0.1, -0.05) is 0 Å². The molecule has 72 valence electrons. The van der Waals surface area contributed by atoms with Crippen molar-refractivity contribution in [1.29, 1.82) is 0 Å². The van der Waals surface area contributed by atoms with Crippen molar-refractivity contribution in [2.24, 2.45) is 0 Å². The summed E-state index contributed by atoms with van der Waals surface area (Å²) in [5, 5.41) is 4.51. The Balaban J connectivity index is 2.47. The van der Waals surface area contributed by atoms with E-state index in [0.717, 1.165) is 16.8 Å². The van der Waals surface area contributed by atoms with Crippen LogP contribution in [-0.4, -0.2) is 15.5 Å². The van der Waals surface area contributed by atoms with Crippen LogP contribution in [0.15, 0.2) is 4.60 Å². The number of hydrogen-bond donors (Lipinski definition) is 0. The summed E-state index contributed by atoms with van der Waals surface area (Å²) in [5.41, 5.74) is 2.84. The highest BCUT2D eigenvalue weighted by Gasteiger charge is 2.20. The van der Waals surface area contributed by atoms with Crippen molar-refractivity contribution in [2.75, 3.05) is 5.75 Å². The minimum Gasteiger partial charge on any atom is -0.266 e. The van der Waals surface area contributed by atoms with E-state index >= 15 is 0 Å². The molecule has 0 amide bonds. The summed E-state index contributed by atoms with van der Waals surface area (Å²) in [6.45, 7) is 4.36. The number of aromatic nitrogens is 2. The fraction of sp³-hybridized carbons (Fsp3) is 0.667. The van der Waals surface area contributed by atoms with Crippen molar-refractivity contribution in [3.63, 3.8) is 0 Å². The van der Waals surface area contributed by atoms with E-state index in [1.165, 1.54) is 17.0 Å². The summed E-state index contributed by atoms with van der Waals surface area (Å²) in [4.78, 5) is 0. The average molecular weight is 261 g/mol. The van der Waals surface area contributed by atoms with Gasteiger partial charge in [-0.3, -0.25) is 4.68 Å². The molecule has 0 radical (unpaired) electrons. The van der Waals surface area contributed by atoms with E-state index in [-0.39, 0.29) is 0 Å². The van der Waals surface area contributed by atoms with Gasteiger partial charge in [0.05, 0.1) is 0 Å². The van der Waals surface area contributed by atoms with E-state index in [0.29, 0.717) is 6.04 Å². The van der Waals surface area contributed by atoms with Crippen molar-refractivity contribution in [1.82, 2.24) is 9.78 Å². The van der Waals surface area contributed by atoms with Gasteiger partial charge in [0.1, 0.15) is 4.60 Å². The predicted octanol–water partition coefficient (Wildman–Crippen LogP) is 3.02. The molecule has 2 heterocycles. The molecule has 1 aliphatic heterocycles. The van der Waals surface area contributed by atoms with E-state index in [9.17, 15) is 0 Å². The third kappa shape index (κ3) is 1.66. The average Bonchev–Trinajstić information content (AvgIpc) is 2.45. The van der Waals surface area contributed by atoms with Gasteiger partial charge in [0, 0.05) is 23.1 Å². The van der Waals surface area contributed by atoms with Crippen LogP contribution >= 0.6 is 27.7 Å². The molecule has 1 aliphatic rings. The zero-order valence-electron chi connectivity index (χ0n) is 7.88. The first-order valence-electron chi connectivity index (χ1n) is 4.53. The van der Waals surface area contributed by atoms with Crippen LogP contribution < -0.4 is 0 Å². The molecule has 1 aromatic rings. The van der Waals surface area contributed by atoms with Crippen LogP contribution in [0.1, 0.15) is 31.1 Å². The molecule has 0 fully saturated rings. The van der Waals surface area contributed by atoms with Crippen LogP contribution in [0, 0.1) is 0 Å². The van der Waals surface area contributed by atoms with E-state index in [1.54, 1.807) is 0 Å². The molecular weight excluding hydrogens is 248 g/mol. The molecule has 2 rings (SSSR count). The van der Waals surface area contributed by atoms with Gasteiger partial charge in [-0.15, -0.1) is 0 Å². The van der Waals surface area contributed by atoms with E-state index in [1.807, 2.05) is 11.8 Å². The van der Waals surface area contributed by atoms with Gasteiger partial charge in [-0.05, 0) is 42.0 Å². The molecule has 0 bridgehead atoms. The number of halogens is 1. The van der Waals surface area contributed by atoms with Crippen LogP contribution in [0.5, 0.6) is 0 Å². The van der Waals surface area contributed by atoms with Gasteiger partial charge in [0.2, 0.25) is 0 Å². The van der Waals surface area contributed by atoms with Crippen LogP contribution in [0.2, 0.25) is 0 Å². The number of hydrogen-bond acceptors (Lipinski definition) is 2. The first-order chi connectivity index (χ1) is 6.20. The largest absolute Gasteiger partial charge is 0.266 e. The topological polar surface area (TPSA) is 17.8 Å². The minimum absolute atomic E-state index is 0.475. The molecule has 0 N–H and O–H groups in total. The van der Waals surface area contributed by atoms with Crippen LogP contribution in [0.3, 0.4) is 0 Å². The Bertz CT molecular complexity index is 320. The Morgan fingerprint density at radius 2 is 2.31 bits per heavy atom. The number of thioether (sulfide) groups is 1. The SMILES string of the molecule is CC(C)n1nc(Br)c2c1CCSC2. The first-order valence-corrected chi connectivity index (χ1v) is 6.48. The van der Waals surface area contributed by atoms with Crippen LogP contribution in [0.4, 0.5) is 0 Å². The number of fused-ring (bicyclic) bond motifs is 1. The lowest BCUT2D eigenvalue weighted by Crippen LogP contribution is -2.11. The minimum atomic E-state index is 0.475. The smallest absolute Gasteiger partial charge is 0.132 e. The van der Waals surface area contributed by atoms with Crippen molar-refractivity contribution in [3.8, 4) is 0 Å². The summed E-state index contributed by atoms with van der Waals surface area (Å²) in [6, 6.07) is 0.475. The molecule has 2 nitrogen and oxygen atoms in total. The molecule has 0 saturated carbocycles. The summed E-state index contributed by atoms with van der Waals surface area (Å²) >= 11 is 5.52. The van der Waals surface area contributed by atoms with Gasteiger partial charge < -0.3 is 0 Å². The molecule has 0 unspecified atom stereocenters. The molecule has 0 atom stereocenters. The number of rotatable bonds is 1. The van der Waals surface area contributed by atoms with E-state index in [2.05, 4.69) is 39.6 Å². The quantitative estimate of drug-likeness (QED) is 0.773. The standard InChI is InChI=1S/C9H13BrN2S/c1-6(2)12-8-3-4-13-5-7(8)9(10)11-12/h6H,3-5H2,1-2H3. The van der Waals surface area contributed by atoms with Crippen molar-refractivity contribution in [3.05, 3.63) is 15.9 Å². The molecule has 4 heteroatoms. The lowest BCUT2D eigenvalue weighted by atomic mass is 10.2. The van der Waals surface area contributed by atoms with Gasteiger partial charge in [0.15, 0.2) is 0 Å². The third-order valence-electron chi connectivity index (χ3n) is 2.29. The van der Waals surface area contributed by atoms with Gasteiger partial charge in [-0.2, -0.15) is 16.9 Å². The maximum Gasteiger partial charge on any atom is 0.132 e. The number of nitrogens with zero attached hydrogens (tertiary/aromatic N) is 2. The molecule has 0 saturated heterocycles. The lowest BCUT2D eigenvalue weighted by Gasteiger charge is -2.15. The lowest BCUT2D eigenvalue weighted by molar-refractivity contribution is 0.509. The van der Waals surface area contributed by atoms with Gasteiger partial charge in [-0.25, -0.2) is 0 Å². The Kier molecular flexibility index (Phi) is 2.70. The van der Waals surface area contributed by atoms with E-state index in [4.69, 9.17) is 0 Å². The highest BCUT2D eigenvalue weighted by molar-refractivity contribution is 9.10. The fourth-order valence-corrected chi connectivity index (χ4v) is 3.37. The maximum absolute atomic E-state index is 4.51. The van der Waals surface area contributed by atoms with Crippen molar-refractivity contribution >= 4 is 27.7 Å². The second kappa shape index (κ2) is 3.65. The second-order valence-corrected chi connectivity index (χ2v) is 5.41. The van der Waals surface area contributed by atoms with Gasteiger partial charge >= 0.3 is 0 Å². The zero-order valence-corrected chi connectivity index (χ0v) is 10.3. The molecule has 13 heavy (non-hydrogen) atoms. The Labute approximate surface area is 91.2 Å². The Morgan fingerprint density at radius 1 is 1.54 bits per heavy atom. The monoisotopic (exact) mass is 260 g/mol. The summed E-state index contributed by atoms with van der Waals surface area (Å²) in [5.74, 6) is 2.35. The summed E-state index contributed by atoms with van der Waals surface area (Å²) in [7, 11) is 0. The van der Waals surface area contributed by atoms with Gasteiger partial charge in [0.25, 0.3) is 0 Å². The Morgan fingerprint density at radius 3 is 3.00 bits per heavy atom. The highest BCUT2D eigenvalue weighted by Crippen LogP contribution is 2.31. The molecule has 1 aromatic heterocycles. The second-order valence-electron chi connectivity index (χ2n) is 3.56. The molecular formula is C9H13BrN2S. The normalized spacial score (nSPS) is 16.3. The summed E-state index contributed by atoms with van der Waals surface area (Å²) < 4.78 is 3.20. The molecule has 0 aromatic carbocycles. The molecule has 0 aliphatic carbocycles. The fourth-order valence-electron chi connectivity index (χ4n) is 1.65. The third-order valence-corrected chi connectivity index (χ3v) is 3.91. The van der Waals surface area contributed by atoms with Crippen molar-refractivity contribution in [2.45, 2.75) is 32.1 Å². The Hall–Kier alpha value is 0.0400. The van der Waals surface area contributed by atoms with Crippen molar-refractivity contribution < 1.29 is 0 Å². The van der Waals surface area contributed by atoms with Crippen LogP contribution in [0.25, 0.3) is 0 Å². The zero-order chi connectivity index (χ0) is 9.42.